The Balaban J connectivity index is 2.03. The zero-order valence-electron chi connectivity index (χ0n) is 11.6. The largest absolute Gasteiger partial charge is 0.451 e. The van der Waals surface area contributed by atoms with E-state index in [9.17, 15) is 0 Å². The molecule has 0 radical (unpaired) electrons. The van der Waals surface area contributed by atoms with Gasteiger partial charge in [-0.15, -0.1) is 23.5 Å². The lowest BCUT2D eigenvalue weighted by Crippen LogP contribution is -2.04. The van der Waals surface area contributed by atoms with Gasteiger partial charge in [-0.2, -0.15) is 0 Å². The lowest BCUT2D eigenvalue weighted by Gasteiger charge is -2.25. The number of rotatable bonds is 4. The highest BCUT2D eigenvalue weighted by Crippen LogP contribution is 2.49. The van der Waals surface area contributed by atoms with Crippen molar-refractivity contribution < 1.29 is 4.74 Å². The summed E-state index contributed by atoms with van der Waals surface area (Å²) in [6, 6.07) is 12.5. The number of thioether (sulfide) groups is 2. The zero-order chi connectivity index (χ0) is 13.9. The second kappa shape index (κ2) is 6.02. The Labute approximate surface area is 128 Å². The Hall–Kier alpha value is -1.26. The molecule has 3 rings (SSSR count). The third-order valence-electron chi connectivity index (χ3n) is 3.03. The molecule has 20 heavy (non-hydrogen) atoms. The smallest absolute Gasteiger partial charge is 0.164 e. The second-order valence-electron chi connectivity index (χ2n) is 4.36. The van der Waals surface area contributed by atoms with Crippen molar-refractivity contribution in [1.29, 1.82) is 0 Å². The van der Waals surface area contributed by atoms with Crippen molar-refractivity contribution in [3.8, 4) is 11.5 Å². The lowest BCUT2D eigenvalue weighted by atomic mass is 10.2. The Morgan fingerprint density at radius 2 is 1.35 bits per heavy atom. The fourth-order valence-electron chi connectivity index (χ4n) is 2.22. The highest BCUT2D eigenvalue weighted by atomic mass is 32.2. The fraction of sp³-hybridized carbons (Fsp3) is 0.250. The van der Waals surface area contributed by atoms with E-state index in [1.54, 1.807) is 0 Å². The molecule has 1 aliphatic heterocycles. The Kier molecular flexibility index (Phi) is 4.13. The minimum atomic E-state index is 0.955. The lowest BCUT2D eigenvalue weighted by molar-refractivity contribution is 0.458. The Bertz CT molecular complexity index is 574. The van der Waals surface area contributed by atoms with Gasteiger partial charge in [0.1, 0.15) is 0 Å². The molecule has 4 heteroatoms. The fourth-order valence-corrected chi connectivity index (χ4v) is 3.76. The normalized spacial score (nSPS) is 12.1. The van der Waals surface area contributed by atoms with Gasteiger partial charge in [0.15, 0.2) is 11.5 Å². The third-order valence-corrected chi connectivity index (χ3v) is 4.87. The van der Waals surface area contributed by atoms with Crippen LogP contribution in [0, 0.1) is 0 Å². The van der Waals surface area contributed by atoms with Gasteiger partial charge in [0.05, 0.1) is 21.2 Å². The van der Waals surface area contributed by atoms with Gasteiger partial charge in [0.2, 0.25) is 0 Å². The predicted molar refractivity (Wildman–Crippen MR) is 89.0 cm³/mol. The van der Waals surface area contributed by atoms with E-state index in [1.165, 1.54) is 9.79 Å². The first kappa shape index (κ1) is 13.7. The Morgan fingerprint density at radius 1 is 0.850 bits per heavy atom. The summed E-state index contributed by atoms with van der Waals surface area (Å²) in [7, 11) is 0. The number of benzene rings is 2. The first-order chi connectivity index (χ1) is 9.83. The summed E-state index contributed by atoms with van der Waals surface area (Å²) in [4.78, 5) is 2.39. The van der Waals surface area contributed by atoms with Crippen molar-refractivity contribution in [2.24, 2.45) is 0 Å². The number of hydrogen-bond donors (Lipinski definition) is 1. The molecule has 0 saturated heterocycles. The maximum atomic E-state index is 6.24. The van der Waals surface area contributed by atoms with E-state index in [4.69, 9.17) is 4.74 Å². The molecule has 0 fully saturated rings. The van der Waals surface area contributed by atoms with Crippen LogP contribution in [0.2, 0.25) is 0 Å². The van der Waals surface area contributed by atoms with Crippen LogP contribution in [-0.2, 0) is 0 Å². The van der Waals surface area contributed by atoms with E-state index < -0.39 is 0 Å². The summed E-state index contributed by atoms with van der Waals surface area (Å²) >= 11 is 3.62. The summed E-state index contributed by atoms with van der Waals surface area (Å²) in [5.74, 6) is 3.99. The standard InChI is InChI=1S/C16H17NOS2/c1-3-19-13-9-5-7-11-15(13)18-16-12(17-11)8-6-10-14(16)20-4-2/h5-10,17H,3-4H2,1-2H3. The van der Waals surface area contributed by atoms with Crippen LogP contribution in [0.3, 0.4) is 0 Å². The summed E-state index contributed by atoms with van der Waals surface area (Å²) in [6.07, 6.45) is 0. The molecule has 2 aromatic carbocycles. The van der Waals surface area contributed by atoms with Crippen LogP contribution >= 0.6 is 23.5 Å². The molecule has 0 atom stereocenters. The number of nitrogens with one attached hydrogen (secondary N) is 1. The van der Waals surface area contributed by atoms with Crippen LogP contribution in [0.25, 0.3) is 0 Å². The van der Waals surface area contributed by atoms with Crippen molar-refractivity contribution in [3.63, 3.8) is 0 Å². The average Bonchev–Trinajstić information content (AvgIpc) is 2.47. The summed E-state index contributed by atoms with van der Waals surface area (Å²) in [5, 5.41) is 3.49. The van der Waals surface area contributed by atoms with Crippen molar-refractivity contribution in [2.45, 2.75) is 23.6 Å². The molecule has 2 nitrogen and oxygen atoms in total. The molecule has 0 aromatic heterocycles. The molecule has 0 amide bonds. The van der Waals surface area contributed by atoms with Crippen molar-refractivity contribution >= 4 is 34.9 Å². The van der Waals surface area contributed by atoms with Gasteiger partial charge in [-0.3, -0.25) is 0 Å². The summed E-state index contributed by atoms with van der Waals surface area (Å²) in [5.41, 5.74) is 2.10. The zero-order valence-corrected chi connectivity index (χ0v) is 13.2. The van der Waals surface area contributed by atoms with Crippen LogP contribution in [0.5, 0.6) is 11.5 Å². The molecule has 0 unspecified atom stereocenters. The van der Waals surface area contributed by atoms with E-state index in [0.29, 0.717) is 0 Å². The topological polar surface area (TPSA) is 21.3 Å². The predicted octanol–water partition coefficient (Wildman–Crippen LogP) is 5.76. The number of para-hydroxylation sites is 2. The molecule has 0 aliphatic carbocycles. The van der Waals surface area contributed by atoms with Gasteiger partial charge in [-0.25, -0.2) is 0 Å². The van der Waals surface area contributed by atoms with Crippen LogP contribution in [0.4, 0.5) is 11.4 Å². The maximum Gasteiger partial charge on any atom is 0.164 e. The highest BCUT2D eigenvalue weighted by molar-refractivity contribution is 7.99. The van der Waals surface area contributed by atoms with Gasteiger partial charge in [-0.1, -0.05) is 26.0 Å². The quantitative estimate of drug-likeness (QED) is 0.618. The van der Waals surface area contributed by atoms with E-state index in [0.717, 1.165) is 34.4 Å². The second-order valence-corrected chi connectivity index (χ2v) is 6.97. The van der Waals surface area contributed by atoms with E-state index in [-0.39, 0.29) is 0 Å². The molecule has 0 saturated carbocycles. The summed E-state index contributed by atoms with van der Waals surface area (Å²) < 4.78 is 6.24. The van der Waals surface area contributed by atoms with E-state index in [2.05, 4.69) is 55.6 Å². The number of hydrogen-bond acceptors (Lipinski definition) is 4. The van der Waals surface area contributed by atoms with Gasteiger partial charge in [0, 0.05) is 0 Å². The number of fused-ring (bicyclic) bond motifs is 2. The molecule has 1 heterocycles. The highest BCUT2D eigenvalue weighted by Gasteiger charge is 2.21. The average molecular weight is 303 g/mol. The molecule has 1 N–H and O–H groups in total. The van der Waals surface area contributed by atoms with Gasteiger partial charge in [0.25, 0.3) is 0 Å². The Morgan fingerprint density at radius 3 is 1.80 bits per heavy atom. The van der Waals surface area contributed by atoms with Gasteiger partial charge in [-0.05, 0) is 35.8 Å². The molecule has 2 aromatic rings. The molecule has 0 spiro atoms. The first-order valence-electron chi connectivity index (χ1n) is 6.80. The van der Waals surface area contributed by atoms with Crippen LogP contribution in [0.1, 0.15) is 13.8 Å². The first-order valence-corrected chi connectivity index (χ1v) is 8.77. The number of anilines is 2. The van der Waals surface area contributed by atoms with Crippen molar-refractivity contribution in [1.82, 2.24) is 0 Å². The minimum Gasteiger partial charge on any atom is -0.451 e. The van der Waals surface area contributed by atoms with Gasteiger partial charge >= 0.3 is 0 Å². The number of ether oxygens (including phenoxy) is 1. The molecule has 1 aliphatic rings. The van der Waals surface area contributed by atoms with E-state index in [1.807, 2.05) is 23.5 Å². The molecular weight excluding hydrogens is 286 g/mol. The monoisotopic (exact) mass is 303 g/mol. The summed E-state index contributed by atoms with van der Waals surface area (Å²) in [6.45, 7) is 4.32. The van der Waals surface area contributed by atoms with Crippen molar-refractivity contribution in [2.75, 3.05) is 16.8 Å². The van der Waals surface area contributed by atoms with Crippen LogP contribution in [0.15, 0.2) is 46.2 Å². The molecule has 0 bridgehead atoms. The SMILES string of the molecule is CCSc1cccc2c1Oc1c(cccc1SCC)N2. The molecule has 104 valence electrons. The maximum absolute atomic E-state index is 6.24. The van der Waals surface area contributed by atoms with Crippen LogP contribution in [-0.4, -0.2) is 11.5 Å². The van der Waals surface area contributed by atoms with Gasteiger partial charge < -0.3 is 10.1 Å². The van der Waals surface area contributed by atoms with Crippen LogP contribution < -0.4 is 10.1 Å². The van der Waals surface area contributed by atoms with E-state index >= 15 is 0 Å². The minimum absolute atomic E-state index is 0.955. The third kappa shape index (κ3) is 2.50. The molecular formula is C16H17NOS2. The van der Waals surface area contributed by atoms with Crippen molar-refractivity contribution in [3.05, 3.63) is 36.4 Å².